The predicted octanol–water partition coefficient (Wildman–Crippen LogP) is 5.87. The fraction of sp³-hybridized carbons (Fsp3) is 0.111. The van der Waals surface area contributed by atoms with E-state index in [0.29, 0.717) is 14.8 Å². The molecule has 0 atom stereocenters. The number of thioether (sulfide) groups is 1. The van der Waals surface area contributed by atoms with Crippen LogP contribution in [0.1, 0.15) is 16.7 Å². The molecular formula is C18H11BrF3NOS2. The first-order chi connectivity index (χ1) is 12.2. The average molecular weight is 458 g/mol. The van der Waals surface area contributed by atoms with E-state index in [9.17, 15) is 18.0 Å². The highest BCUT2D eigenvalue weighted by Crippen LogP contribution is 2.35. The van der Waals surface area contributed by atoms with Crippen LogP contribution < -0.4 is 0 Å². The van der Waals surface area contributed by atoms with Crippen molar-refractivity contribution in [1.29, 1.82) is 0 Å². The van der Waals surface area contributed by atoms with Crippen LogP contribution in [-0.4, -0.2) is 15.1 Å². The number of carbonyl (C=O) groups is 1. The molecule has 2 aromatic rings. The van der Waals surface area contributed by atoms with Gasteiger partial charge < -0.3 is 0 Å². The summed E-state index contributed by atoms with van der Waals surface area (Å²) < 4.78 is 39.8. The second-order valence-corrected chi connectivity index (χ2v) is 8.11. The Morgan fingerprint density at radius 1 is 1.15 bits per heavy atom. The number of rotatable bonds is 3. The Morgan fingerprint density at radius 2 is 1.85 bits per heavy atom. The molecule has 1 saturated heterocycles. The maximum absolute atomic E-state index is 12.8. The van der Waals surface area contributed by atoms with Crippen LogP contribution >= 0.6 is 39.9 Å². The zero-order chi connectivity index (χ0) is 18.9. The van der Waals surface area contributed by atoms with Crippen LogP contribution in [0, 0.1) is 0 Å². The highest BCUT2D eigenvalue weighted by atomic mass is 79.9. The van der Waals surface area contributed by atoms with Crippen molar-refractivity contribution in [3.8, 4) is 0 Å². The number of amides is 1. The number of halogens is 4. The average Bonchev–Trinajstić information content (AvgIpc) is 2.84. The van der Waals surface area contributed by atoms with E-state index in [-0.39, 0.29) is 12.5 Å². The molecule has 1 aliphatic rings. The highest BCUT2D eigenvalue weighted by Gasteiger charge is 2.33. The van der Waals surface area contributed by atoms with E-state index in [4.69, 9.17) is 12.2 Å². The molecule has 0 radical (unpaired) electrons. The van der Waals surface area contributed by atoms with Gasteiger partial charge in [-0.05, 0) is 41.5 Å². The van der Waals surface area contributed by atoms with Crippen LogP contribution in [0.5, 0.6) is 0 Å². The van der Waals surface area contributed by atoms with Crippen molar-refractivity contribution in [2.75, 3.05) is 0 Å². The summed E-state index contributed by atoms with van der Waals surface area (Å²) in [5.74, 6) is -0.305. The fourth-order valence-corrected chi connectivity index (χ4v) is 3.89. The van der Waals surface area contributed by atoms with Gasteiger partial charge in [-0.25, -0.2) is 0 Å². The summed E-state index contributed by atoms with van der Waals surface area (Å²) in [5.41, 5.74) is 0.472. The SMILES string of the molecule is O=C1/C(=C/c2ccc(Br)cc2)SC(=S)N1Cc1cccc(C(F)(F)F)c1. The summed E-state index contributed by atoms with van der Waals surface area (Å²) in [7, 11) is 0. The molecule has 1 fully saturated rings. The van der Waals surface area contributed by atoms with Gasteiger partial charge in [0.15, 0.2) is 0 Å². The minimum absolute atomic E-state index is 0.00621. The number of carbonyl (C=O) groups excluding carboxylic acids is 1. The number of benzene rings is 2. The molecule has 3 rings (SSSR count). The number of alkyl halides is 3. The molecule has 134 valence electrons. The standard InChI is InChI=1S/C18H11BrF3NOS2/c19-14-6-4-11(5-7-14)9-15-16(24)23(17(25)26-15)10-12-2-1-3-13(8-12)18(20,21)22/h1-9H,10H2/b15-9-. The number of hydrogen-bond acceptors (Lipinski definition) is 3. The van der Waals surface area contributed by atoms with E-state index in [1.165, 1.54) is 11.0 Å². The Bertz CT molecular complexity index is 894. The smallest absolute Gasteiger partial charge is 0.288 e. The van der Waals surface area contributed by atoms with Crippen LogP contribution in [0.25, 0.3) is 6.08 Å². The van der Waals surface area contributed by atoms with E-state index >= 15 is 0 Å². The molecule has 0 bridgehead atoms. The zero-order valence-corrected chi connectivity index (χ0v) is 16.3. The second kappa shape index (κ2) is 7.54. The van der Waals surface area contributed by atoms with E-state index in [0.717, 1.165) is 33.9 Å². The van der Waals surface area contributed by atoms with E-state index < -0.39 is 11.7 Å². The van der Waals surface area contributed by atoms with E-state index in [1.54, 1.807) is 12.1 Å². The Balaban J connectivity index is 1.81. The molecule has 0 spiro atoms. The molecule has 0 saturated carbocycles. The predicted molar refractivity (Wildman–Crippen MR) is 104 cm³/mol. The Labute approximate surface area is 166 Å². The maximum Gasteiger partial charge on any atom is 0.416 e. The molecule has 0 N–H and O–H groups in total. The highest BCUT2D eigenvalue weighted by molar-refractivity contribution is 9.10. The lowest BCUT2D eigenvalue weighted by Crippen LogP contribution is -2.27. The van der Waals surface area contributed by atoms with Gasteiger partial charge in [-0.15, -0.1) is 0 Å². The number of nitrogens with zero attached hydrogens (tertiary/aromatic N) is 1. The van der Waals surface area contributed by atoms with Crippen LogP contribution in [-0.2, 0) is 17.5 Å². The second-order valence-electron chi connectivity index (χ2n) is 5.52. The van der Waals surface area contributed by atoms with Crippen molar-refractivity contribution in [3.63, 3.8) is 0 Å². The lowest BCUT2D eigenvalue weighted by Gasteiger charge is -2.15. The molecule has 26 heavy (non-hydrogen) atoms. The van der Waals surface area contributed by atoms with Crippen molar-refractivity contribution < 1.29 is 18.0 Å². The quantitative estimate of drug-likeness (QED) is 0.424. The molecule has 0 unspecified atom stereocenters. The summed E-state index contributed by atoms with van der Waals surface area (Å²) >= 11 is 9.72. The summed E-state index contributed by atoms with van der Waals surface area (Å²) in [6.45, 7) is 0.00621. The molecular weight excluding hydrogens is 447 g/mol. The van der Waals surface area contributed by atoms with Crippen LogP contribution in [0.4, 0.5) is 13.2 Å². The lowest BCUT2D eigenvalue weighted by atomic mass is 10.1. The molecule has 1 heterocycles. The first kappa shape index (κ1) is 19.1. The van der Waals surface area contributed by atoms with Gasteiger partial charge >= 0.3 is 6.18 Å². The maximum atomic E-state index is 12.8. The summed E-state index contributed by atoms with van der Waals surface area (Å²) in [4.78, 5) is 14.4. The van der Waals surface area contributed by atoms with Crippen molar-refractivity contribution in [1.82, 2.24) is 4.90 Å². The van der Waals surface area contributed by atoms with Gasteiger partial charge in [-0.3, -0.25) is 9.69 Å². The third kappa shape index (κ3) is 4.36. The van der Waals surface area contributed by atoms with Gasteiger partial charge in [0, 0.05) is 4.47 Å². The van der Waals surface area contributed by atoms with E-state index in [1.807, 2.05) is 24.3 Å². The Morgan fingerprint density at radius 3 is 2.50 bits per heavy atom. The summed E-state index contributed by atoms with van der Waals surface area (Å²) in [6, 6.07) is 12.3. The molecule has 2 nitrogen and oxygen atoms in total. The van der Waals surface area contributed by atoms with Crippen LogP contribution in [0.2, 0.25) is 0 Å². The zero-order valence-electron chi connectivity index (χ0n) is 13.1. The molecule has 0 aromatic heterocycles. The van der Waals surface area contributed by atoms with Gasteiger partial charge in [-0.1, -0.05) is 64.2 Å². The molecule has 2 aromatic carbocycles. The normalized spacial score (nSPS) is 16.6. The summed E-state index contributed by atoms with van der Waals surface area (Å²) in [6.07, 6.45) is -2.70. The molecule has 0 aliphatic carbocycles. The van der Waals surface area contributed by atoms with Crippen LogP contribution in [0.3, 0.4) is 0 Å². The molecule has 1 aliphatic heterocycles. The molecule has 1 amide bonds. The van der Waals surface area contributed by atoms with Crippen LogP contribution in [0.15, 0.2) is 57.9 Å². The minimum atomic E-state index is -4.42. The number of thiocarbonyl (C=S) groups is 1. The third-order valence-corrected chi connectivity index (χ3v) is 5.54. The first-order valence-electron chi connectivity index (χ1n) is 7.41. The van der Waals surface area contributed by atoms with Gasteiger partial charge in [0.1, 0.15) is 4.32 Å². The topological polar surface area (TPSA) is 20.3 Å². The van der Waals surface area contributed by atoms with Crippen molar-refractivity contribution in [2.45, 2.75) is 12.7 Å². The Hall–Kier alpha value is -1.64. The number of hydrogen-bond donors (Lipinski definition) is 0. The lowest BCUT2D eigenvalue weighted by molar-refractivity contribution is -0.137. The van der Waals surface area contributed by atoms with E-state index in [2.05, 4.69) is 15.9 Å². The van der Waals surface area contributed by atoms with Gasteiger partial charge in [0.05, 0.1) is 17.0 Å². The van der Waals surface area contributed by atoms with Crippen molar-refractivity contribution >= 4 is 56.2 Å². The minimum Gasteiger partial charge on any atom is -0.288 e. The van der Waals surface area contributed by atoms with Crippen molar-refractivity contribution in [2.24, 2.45) is 0 Å². The third-order valence-electron chi connectivity index (χ3n) is 3.64. The molecule has 8 heteroatoms. The van der Waals surface area contributed by atoms with Gasteiger partial charge in [-0.2, -0.15) is 13.2 Å². The van der Waals surface area contributed by atoms with Gasteiger partial charge in [0.2, 0.25) is 0 Å². The largest absolute Gasteiger partial charge is 0.416 e. The summed E-state index contributed by atoms with van der Waals surface area (Å²) in [5, 5.41) is 0. The van der Waals surface area contributed by atoms with Crippen molar-refractivity contribution in [3.05, 3.63) is 74.6 Å². The first-order valence-corrected chi connectivity index (χ1v) is 9.43. The fourth-order valence-electron chi connectivity index (χ4n) is 2.38. The monoisotopic (exact) mass is 457 g/mol. The van der Waals surface area contributed by atoms with Gasteiger partial charge in [0.25, 0.3) is 5.91 Å². The Kier molecular flexibility index (Phi) is 5.55.